The number of allylic oxidation sites excluding steroid dienone is 9. The van der Waals surface area contributed by atoms with E-state index >= 15 is 0 Å². The van der Waals surface area contributed by atoms with Crippen molar-refractivity contribution >= 4 is 5.91 Å². The Balaban J connectivity index is 2.25. The summed E-state index contributed by atoms with van der Waals surface area (Å²) >= 11 is 0. The van der Waals surface area contributed by atoms with Crippen LogP contribution in [0, 0.1) is 0 Å². The summed E-state index contributed by atoms with van der Waals surface area (Å²) in [6.07, 6.45) is 61.5. The summed E-state index contributed by atoms with van der Waals surface area (Å²) in [7, 11) is 0. The summed E-state index contributed by atoms with van der Waals surface area (Å²) < 4.78 is 11.3. The number of rotatable bonds is 50. The number of carbonyl (C=O) groups excluding carboxylic acids is 1. The summed E-state index contributed by atoms with van der Waals surface area (Å²) in [5, 5.41) is 54.5. The van der Waals surface area contributed by atoms with E-state index < -0.39 is 49.5 Å². The van der Waals surface area contributed by atoms with Crippen LogP contribution in [0.4, 0.5) is 0 Å². The smallest absolute Gasteiger partial charge is 0.220 e. The zero-order chi connectivity index (χ0) is 50.8. The Morgan fingerprint density at radius 1 is 0.486 bits per heavy atom. The molecule has 1 fully saturated rings. The minimum atomic E-state index is -1.58. The van der Waals surface area contributed by atoms with Gasteiger partial charge in [0.05, 0.1) is 25.4 Å². The average molecular weight is 987 g/mol. The molecule has 6 N–H and O–H groups in total. The van der Waals surface area contributed by atoms with Crippen LogP contribution < -0.4 is 5.32 Å². The molecule has 1 aliphatic heterocycles. The molecule has 0 saturated carbocycles. The van der Waals surface area contributed by atoms with Crippen molar-refractivity contribution in [2.45, 2.75) is 307 Å². The summed E-state index contributed by atoms with van der Waals surface area (Å²) in [6.45, 7) is 3.75. The molecule has 408 valence electrons. The van der Waals surface area contributed by atoms with Gasteiger partial charge >= 0.3 is 0 Å². The molecule has 1 amide bonds. The predicted octanol–water partition coefficient (Wildman–Crippen LogP) is 14.7. The number of aliphatic hydroxyl groups is 5. The number of nitrogens with one attached hydrogen (secondary N) is 1. The molecule has 9 heteroatoms. The third kappa shape index (κ3) is 39.4. The Hall–Kier alpha value is -2.11. The highest BCUT2D eigenvalue weighted by atomic mass is 16.7. The van der Waals surface area contributed by atoms with Gasteiger partial charge < -0.3 is 40.3 Å². The lowest BCUT2D eigenvalue weighted by Gasteiger charge is -2.40. The van der Waals surface area contributed by atoms with Gasteiger partial charge in [0.25, 0.3) is 0 Å². The largest absolute Gasteiger partial charge is 0.394 e. The van der Waals surface area contributed by atoms with Crippen molar-refractivity contribution in [3.8, 4) is 0 Å². The highest BCUT2D eigenvalue weighted by Crippen LogP contribution is 2.23. The second kappa shape index (κ2) is 50.4. The summed E-state index contributed by atoms with van der Waals surface area (Å²) in [5.74, 6) is -0.195. The van der Waals surface area contributed by atoms with Crippen LogP contribution in [-0.2, 0) is 14.3 Å². The molecule has 7 unspecified atom stereocenters. The van der Waals surface area contributed by atoms with Gasteiger partial charge in [-0.1, -0.05) is 242 Å². The predicted molar refractivity (Wildman–Crippen MR) is 295 cm³/mol. The van der Waals surface area contributed by atoms with E-state index in [1.807, 2.05) is 6.08 Å². The molecule has 1 saturated heterocycles. The molecule has 0 aromatic rings. The van der Waals surface area contributed by atoms with Crippen LogP contribution in [0.5, 0.6) is 0 Å². The number of aliphatic hydroxyl groups excluding tert-OH is 5. The van der Waals surface area contributed by atoms with Crippen molar-refractivity contribution in [1.82, 2.24) is 5.32 Å². The zero-order valence-electron chi connectivity index (χ0n) is 45.3. The minimum absolute atomic E-state index is 0.195. The Morgan fingerprint density at radius 2 is 0.857 bits per heavy atom. The van der Waals surface area contributed by atoms with Crippen LogP contribution in [0.25, 0.3) is 0 Å². The molecule has 9 nitrogen and oxygen atoms in total. The van der Waals surface area contributed by atoms with Crippen molar-refractivity contribution in [2.24, 2.45) is 0 Å². The van der Waals surface area contributed by atoms with Crippen LogP contribution in [0.2, 0.25) is 0 Å². The minimum Gasteiger partial charge on any atom is -0.394 e. The van der Waals surface area contributed by atoms with E-state index in [-0.39, 0.29) is 12.5 Å². The number of ether oxygens (including phenoxy) is 2. The van der Waals surface area contributed by atoms with Crippen molar-refractivity contribution < 1.29 is 39.8 Å². The number of hydrogen-bond acceptors (Lipinski definition) is 8. The molecule has 0 aromatic heterocycles. The van der Waals surface area contributed by atoms with Gasteiger partial charge in [0, 0.05) is 6.42 Å². The Kier molecular flexibility index (Phi) is 47.5. The number of hydrogen-bond donors (Lipinski definition) is 6. The third-order valence-electron chi connectivity index (χ3n) is 13.8. The fourth-order valence-electron chi connectivity index (χ4n) is 9.10. The van der Waals surface area contributed by atoms with Gasteiger partial charge in [0.1, 0.15) is 24.4 Å². The maximum atomic E-state index is 13.0. The highest BCUT2D eigenvalue weighted by molar-refractivity contribution is 5.76. The van der Waals surface area contributed by atoms with Crippen LogP contribution in [0.15, 0.2) is 60.8 Å². The first-order valence-electron chi connectivity index (χ1n) is 29.5. The van der Waals surface area contributed by atoms with Crippen molar-refractivity contribution in [3.63, 3.8) is 0 Å². The number of unbranched alkanes of at least 4 members (excludes halogenated alkanes) is 32. The molecule has 0 spiro atoms. The van der Waals surface area contributed by atoms with E-state index in [2.05, 4.69) is 67.8 Å². The van der Waals surface area contributed by atoms with E-state index in [1.54, 1.807) is 6.08 Å². The molecule has 0 aliphatic carbocycles. The molecular weight excluding hydrogens is 875 g/mol. The lowest BCUT2D eigenvalue weighted by Crippen LogP contribution is -2.60. The first-order chi connectivity index (χ1) is 34.3. The van der Waals surface area contributed by atoms with Gasteiger partial charge in [-0.25, -0.2) is 0 Å². The summed E-state index contributed by atoms with van der Waals surface area (Å²) in [5.41, 5.74) is 0. The second-order valence-corrected chi connectivity index (χ2v) is 20.4. The summed E-state index contributed by atoms with van der Waals surface area (Å²) in [6, 6.07) is -0.833. The molecular formula is C61H111NO8. The first-order valence-corrected chi connectivity index (χ1v) is 29.5. The molecule has 1 rings (SSSR count). The first kappa shape index (κ1) is 65.9. The average Bonchev–Trinajstić information content (AvgIpc) is 3.36. The lowest BCUT2D eigenvalue weighted by molar-refractivity contribution is -0.302. The van der Waals surface area contributed by atoms with Crippen molar-refractivity contribution in [2.75, 3.05) is 13.2 Å². The van der Waals surface area contributed by atoms with Gasteiger partial charge in [-0.15, -0.1) is 0 Å². The Bertz CT molecular complexity index is 1280. The fourth-order valence-corrected chi connectivity index (χ4v) is 9.10. The molecule has 7 atom stereocenters. The monoisotopic (exact) mass is 986 g/mol. The van der Waals surface area contributed by atoms with Crippen LogP contribution in [-0.4, -0.2) is 87.5 Å². The van der Waals surface area contributed by atoms with Crippen LogP contribution in [0.3, 0.4) is 0 Å². The maximum absolute atomic E-state index is 13.0. The van der Waals surface area contributed by atoms with E-state index in [1.165, 1.54) is 180 Å². The van der Waals surface area contributed by atoms with E-state index in [4.69, 9.17) is 9.47 Å². The van der Waals surface area contributed by atoms with Gasteiger partial charge in [0.15, 0.2) is 6.29 Å². The molecule has 70 heavy (non-hydrogen) atoms. The van der Waals surface area contributed by atoms with E-state index in [9.17, 15) is 30.3 Å². The van der Waals surface area contributed by atoms with E-state index in [0.717, 1.165) is 64.2 Å². The highest BCUT2D eigenvalue weighted by Gasteiger charge is 2.44. The van der Waals surface area contributed by atoms with Crippen LogP contribution in [0.1, 0.15) is 264 Å². The van der Waals surface area contributed by atoms with Gasteiger partial charge in [-0.05, 0) is 77.0 Å². The SMILES string of the molecule is CCCCC/C=C\C/C=C\CCCCCCCCCCCC(=O)NC(COC1OC(CO)C(O)C(O)C1O)C(O)/C=C/CC/C=C/CC/C=C/CCCCCCCCCCCCCCCCCCCC. The molecule has 0 aromatic carbocycles. The molecule has 0 bridgehead atoms. The normalized spacial score (nSPS) is 19.8. The standard InChI is InChI=1S/C61H111NO8/c1-3-5-7-9-11-13-15-17-19-21-23-24-25-26-27-28-29-30-31-33-34-36-38-40-42-44-46-48-50-55(64)54(53-69-61-60(68)59(67)58(66)56(52-63)70-61)62-57(65)51-49-47-45-43-41-39-37-35-32-22-20-18-16-14-12-10-8-6-4-2/h12,14,18,20,33-34,40,42,48,50,54-56,58-61,63-64,66-68H,3-11,13,15-17,19,21-32,35-39,41,43-47,49,51-53H2,1-2H3,(H,62,65)/b14-12-,20-18-,34-33+,42-40+,50-48+. The van der Waals surface area contributed by atoms with Crippen molar-refractivity contribution in [1.29, 1.82) is 0 Å². The Labute approximate surface area is 430 Å². The topological polar surface area (TPSA) is 149 Å². The molecule has 1 heterocycles. The zero-order valence-corrected chi connectivity index (χ0v) is 45.3. The fraction of sp³-hybridized carbons (Fsp3) is 0.820. The quantitative estimate of drug-likeness (QED) is 0.0261. The third-order valence-corrected chi connectivity index (χ3v) is 13.8. The second-order valence-electron chi connectivity index (χ2n) is 20.4. The number of amides is 1. The Morgan fingerprint density at radius 3 is 1.31 bits per heavy atom. The van der Waals surface area contributed by atoms with E-state index in [0.29, 0.717) is 6.42 Å². The van der Waals surface area contributed by atoms with Gasteiger partial charge in [-0.2, -0.15) is 0 Å². The summed E-state index contributed by atoms with van der Waals surface area (Å²) in [4.78, 5) is 13.0. The van der Waals surface area contributed by atoms with Gasteiger partial charge in [0.2, 0.25) is 5.91 Å². The van der Waals surface area contributed by atoms with Gasteiger partial charge in [-0.3, -0.25) is 4.79 Å². The number of carbonyl (C=O) groups is 1. The molecule has 0 radical (unpaired) electrons. The lowest BCUT2D eigenvalue weighted by atomic mass is 9.99. The molecule has 1 aliphatic rings. The van der Waals surface area contributed by atoms with Crippen LogP contribution >= 0.6 is 0 Å². The maximum Gasteiger partial charge on any atom is 0.220 e. The van der Waals surface area contributed by atoms with Crippen molar-refractivity contribution in [3.05, 3.63) is 60.8 Å².